The molecule has 1 heterocycles. The zero-order valence-electron chi connectivity index (χ0n) is 17.5. The monoisotopic (exact) mass is 417 g/mol. The van der Waals surface area contributed by atoms with Gasteiger partial charge in [-0.3, -0.25) is 9.69 Å². The van der Waals surface area contributed by atoms with Gasteiger partial charge in [-0.05, 0) is 56.1 Å². The van der Waals surface area contributed by atoms with E-state index in [1.165, 1.54) is 0 Å². The molecule has 0 bridgehead atoms. The van der Waals surface area contributed by atoms with E-state index >= 15 is 0 Å². The van der Waals surface area contributed by atoms with Crippen LogP contribution in [0.3, 0.4) is 0 Å². The molecule has 0 spiro atoms. The molecule has 156 valence electrons. The van der Waals surface area contributed by atoms with Gasteiger partial charge >= 0.3 is 0 Å². The molecule has 2 aromatic carbocycles. The fourth-order valence-electron chi connectivity index (χ4n) is 4.07. The average Bonchev–Trinajstić information content (AvgIpc) is 2.73. The van der Waals surface area contributed by atoms with Crippen LogP contribution in [0.1, 0.15) is 34.3 Å². The Labute approximate surface area is 177 Å². The third-order valence-corrected chi connectivity index (χ3v) is 5.74. The largest absolute Gasteiger partial charge is 0.493 e. The lowest BCUT2D eigenvalue weighted by molar-refractivity contribution is 0.0810. The first kappa shape index (κ1) is 21.5. The van der Waals surface area contributed by atoms with Crippen LogP contribution in [0.25, 0.3) is 0 Å². The van der Waals surface area contributed by atoms with Crippen LogP contribution < -0.4 is 14.2 Å². The molecule has 1 fully saturated rings. The number of nitrogens with zero attached hydrogens (tertiary/aromatic N) is 1. The molecular formula is C23H28ClNO4. The number of ether oxygens (including phenoxy) is 3. The van der Waals surface area contributed by atoms with Gasteiger partial charge < -0.3 is 14.2 Å². The number of benzene rings is 2. The van der Waals surface area contributed by atoms with Crippen LogP contribution in [0.2, 0.25) is 5.02 Å². The maximum absolute atomic E-state index is 13.1. The number of piperidine rings is 1. The molecule has 0 unspecified atom stereocenters. The van der Waals surface area contributed by atoms with Crippen molar-refractivity contribution in [3.63, 3.8) is 0 Å². The molecule has 0 N–H and O–H groups in total. The van der Waals surface area contributed by atoms with Crippen molar-refractivity contribution in [2.75, 3.05) is 34.4 Å². The van der Waals surface area contributed by atoms with E-state index in [4.69, 9.17) is 25.8 Å². The van der Waals surface area contributed by atoms with E-state index in [-0.39, 0.29) is 11.7 Å². The zero-order valence-corrected chi connectivity index (χ0v) is 18.2. The predicted molar refractivity (Wildman–Crippen MR) is 115 cm³/mol. The Morgan fingerprint density at radius 2 is 1.86 bits per heavy atom. The number of Topliss-reactive ketones (excluding diaryl/α,β-unsaturated/α-hetero) is 1. The highest BCUT2D eigenvalue weighted by molar-refractivity contribution is 6.30. The van der Waals surface area contributed by atoms with Gasteiger partial charge in [0.1, 0.15) is 0 Å². The van der Waals surface area contributed by atoms with Gasteiger partial charge in [-0.25, -0.2) is 0 Å². The molecule has 0 aromatic heterocycles. The second-order valence-corrected chi connectivity index (χ2v) is 7.83. The highest BCUT2D eigenvalue weighted by atomic mass is 35.5. The van der Waals surface area contributed by atoms with Crippen LogP contribution in [0.15, 0.2) is 30.3 Å². The molecule has 29 heavy (non-hydrogen) atoms. The molecule has 6 heteroatoms. The Morgan fingerprint density at radius 3 is 2.52 bits per heavy atom. The first-order valence-corrected chi connectivity index (χ1v) is 10.2. The smallest absolute Gasteiger partial charge is 0.203 e. The van der Waals surface area contributed by atoms with Gasteiger partial charge in [0, 0.05) is 35.2 Å². The molecule has 0 saturated carbocycles. The highest BCUT2D eigenvalue weighted by Crippen LogP contribution is 2.40. The van der Waals surface area contributed by atoms with Gasteiger partial charge in [0.05, 0.1) is 21.3 Å². The summed E-state index contributed by atoms with van der Waals surface area (Å²) in [6, 6.07) is 9.37. The van der Waals surface area contributed by atoms with E-state index in [1.54, 1.807) is 27.4 Å². The van der Waals surface area contributed by atoms with Crippen LogP contribution in [-0.4, -0.2) is 45.1 Å². The van der Waals surface area contributed by atoms with Crippen molar-refractivity contribution >= 4 is 17.4 Å². The molecule has 0 radical (unpaired) electrons. The summed E-state index contributed by atoms with van der Waals surface area (Å²) in [5.74, 6) is 2.08. The first-order chi connectivity index (χ1) is 14.0. The molecular weight excluding hydrogens is 390 g/mol. The number of hydrogen-bond donors (Lipinski definition) is 0. The Kier molecular flexibility index (Phi) is 7.04. The van der Waals surface area contributed by atoms with Gasteiger partial charge in [-0.2, -0.15) is 0 Å². The van der Waals surface area contributed by atoms with Gasteiger partial charge in [0.2, 0.25) is 5.75 Å². The lowest BCUT2D eigenvalue weighted by Crippen LogP contribution is -2.38. The SMILES string of the molecule is COc1ccc(CN2CCC[C@@H](C(=O)c3ccc(Cl)cc3C)C2)c(OC)c1OC. The lowest BCUT2D eigenvalue weighted by atomic mass is 9.88. The van der Waals surface area contributed by atoms with Crippen molar-refractivity contribution < 1.29 is 19.0 Å². The van der Waals surface area contributed by atoms with Crippen molar-refractivity contribution in [1.29, 1.82) is 0 Å². The maximum atomic E-state index is 13.1. The summed E-state index contributed by atoms with van der Waals surface area (Å²) in [4.78, 5) is 15.4. The molecule has 0 aliphatic carbocycles. The molecule has 1 aliphatic rings. The lowest BCUT2D eigenvalue weighted by Gasteiger charge is -2.32. The molecule has 2 aromatic rings. The average molecular weight is 418 g/mol. The van der Waals surface area contributed by atoms with Crippen LogP contribution in [0.5, 0.6) is 17.2 Å². The van der Waals surface area contributed by atoms with Crippen molar-refractivity contribution in [2.45, 2.75) is 26.3 Å². The van der Waals surface area contributed by atoms with Gasteiger partial charge in [-0.1, -0.05) is 17.7 Å². The maximum Gasteiger partial charge on any atom is 0.203 e. The number of carbonyl (C=O) groups excluding carboxylic acids is 1. The number of methoxy groups -OCH3 is 3. The standard InChI is InChI=1S/C23H28ClNO4/c1-15-12-18(24)8-9-19(15)21(26)16-6-5-11-25(13-16)14-17-7-10-20(27-2)23(29-4)22(17)28-3/h7-10,12,16H,5-6,11,13-14H2,1-4H3/t16-/m1/s1. The number of carbonyl (C=O) groups is 1. The minimum absolute atomic E-state index is 0.0187. The van der Waals surface area contributed by atoms with Crippen molar-refractivity contribution in [3.05, 3.63) is 52.0 Å². The molecule has 1 atom stereocenters. The Balaban J connectivity index is 1.77. The van der Waals surface area contributed by atoms with Crippen molar-refractivity contribution in [2.24, 2.45) is 5.92 Å². The van der Waals surface area contributed by atoms with Crippen LogP contribution in [0.4, 0.5) is 0 Å². The Morgan fingerprint density at radius 1 is 1.10 bits per heavy atom. The highest BCUT2D eigenvalue weighted by Gasteiger charge is 2.28. The molecule has 1 aliphatic heterocycles. The van der Waals surface area contributed by atoms with Crippen molar-refractivity contribution in [1.82, 2.24) is 4.90 Å². The molecule has 0 amide bonds. The van der Waals surface area contributed by atoms with E-state index in [9.17, 15) is 4.79 Å². The van der Waals surface area contributed by atoms with E-state index < -0.39 is 0 Å². The fourth-order valence-corrected chi connectivity index (χ4v) is 4.29. The second kappa shape index (κ2) is 9.51. The summed E-state index contributed by atoms with van der Waals surface area (Å²) in [7, 11) is 4.84. The number of hydrogen-bond acceptors (Lipinski definition) is 5. The summed E-state index contributed by atoms with van der Waals surface area (Å²) in [6.45, 7) is 4.29. The second-order valence-electron chi connectivity index (χ2n) is 7.39. The van der Waals surface area contributed by atoms with Crippen molar-refractivity contribution in [3.8, 4) is 17.2 Å². The summed E-state index contributed by atoms with van der Waals surface area (Å²) in [5.41, 5.74) is 2.71. The summed E-state index contributed by atoms with van der Waals surface area (Å²) < 4.78 is 16.5. The first-order valence-electron chi connectivity index (χ1n) is 9.79. The molecule has 3 rings (SSSR count). The Bertz CT molecular complexity index is 883. The quantitative estimate of drug-likeness (QED) is 0.607. The van der Waals surface area contributed by atoms with E-state index in [2.05, 4.69) is 4.90 Å². The van der Waals surface area contributed by atoms with E-state index in [1.807, 2.05) is 31.2 Å². The normalized spacial score (nSPS) is 17.1. The molecule has 5 nitrogen and oxygen atoms in total. The number of rotatable bonds is 7. The number of aryl methyl sites for hydroxylation is 1. The third kappa shape index (κ3) is 4.68. The zero-order chi connectivity index (χ0) is 21.0. The predicted octanol–water partition coefficient (Wildman–Crippen LogP) is 4.77. The number of likely N-dealkylation sites (tertiary alicyclic amines) is 1. The van der Waals surface area contributed by atoms with Gasteiger partial charge in [0.25, 0.3) is 0 Å². The number of halogens is 1. The van der Waals surface area contributed by atoms with Crippen LogP contribution in [-0.2, 0) is 6.54 Å². The number of ketones is 1. The third-order valence-electron chi connectivity index (χ3n) is 5.51. The van der Waals surface area contributed by atoms with Gasteiger partial charge in [-0.15, -0.1) is 0 Å². The van der Waals surface area contributed by atoms with Gasteiger partial charge in [0.15, 0.2) is 17.3 Å². The van der Waals surface area contributed by atoms with Crippen LogP contribution in [0, 0.1) is 12.8 Å². The summed E-state index contributed by atoms with van der Waals surface area (Å²) in [5, 5.41) is 0.657. The minimum atomic E-state index is -0.0187. The topological polar surface area (TPSA) is 48.0 Å². The minimum Gasteiger partial charge on any atom is -0.493 e. The fraction of sp³-hybridized carbons (Fsp3) is 0.435. The Hall–Kier alpha value is -2.24. The molecule has 1 saturated heterocycles. The van der Waals surface area contributed by atoms with E-state index in [0.29, 0.717) is 28.8 Å². The van der Waals surface area contributed by atoms with E-state index in [0.717, 1.165) is 42.6 Å². The summed E-state index contributed by atoms with van der Waals surface area (Å²) in [6.07, 6.45) is 1.89. The summed E-state index contributed by atoms with van der Waals surface area (Å²) >= 11 is 6.05. The van der Waals surface area contributed by atoms with Crippen LogP contribution >= 0.6 is 11.6 Å².